The predicted molar refractivity (Wildman–Crippen MR) is 249 cm³/mol. The monoisotopic (exact) mass is 789 g/mol. The van der Waals surface area contributed by atoms with Gasteiger partial charge in [0, 0.05) is 28.3 Å². The maximum atomic E-state index is 11.5. The molecule has 316 valence electrons. The minimum atomic E-state index is -0.572. The Morgan fingerprint density at radius 3 is 1.55 bits per heavy atom. The Bertz CT molecular complexity index is 1840. The molecule has 1 atom stereocenters. The number of aromatic nitrogens is 1. The van der Waals surface area contributed by atoms with Gasteiger partial charge in [-0.2, -0.15) is 0 Å². The first kappa shape index (κ1) is 45.3. The van der Waals surface area contributed by atoms with Gasteiger partial charge in [-0.25, -0.2) is 15.0 Å². The van der Waals surface area contributed by atoms with Crippen LogP contribution in [0.25, 0.3) is 12.2 Å². The summed E-state index contributed by atoms with van der Waals surface area (Å²) in [5.74, 6) is 0.389. The smallest absolute Gasteiger partial charge is 0.102 e. The minimum Gasteiger partial charge on any atom is -0.512 e. The zero-order valence-electron chi connectivity index (χ0n) is 36.4. The Balaban J connectivity index is 1.18. The highest BCUT2D eigenvalue weighted by atomic mass is 16.3. The van der Waals surface area contributed by atoms with Crippen LogP contribution in [0.4, 0.5) is 0 Å². The molecule has 5 heterocycles. The van der Waals surface area contributed by atoms with Gasteiger partial charge in [0.2, 0.25) is 0 Å². The first-order chi connectivity index (χ1) is 28.5. The molecule has 0 saturated heterocycles. The lowest BCUT2D eigenvalue weighted by atomic mass is 10.0. The fraction of sp³-hybridized carbons (Fsp3) is 0.596. The second-order valence-electron chi connectivity index (χ2n) is 17.2. The normalized spacial score (nSPS) is 17.0. The highest BCUT2D eigenvalue weighted by Crippen LogP contribution is 2.26. The van der Waals surface area contributed by atoms with Crippen LogP contribution in [-0.2, 0) is 0 Å². The summed E-state index contributed by atoms with van der Waals surface area (Å²) in [6.45, 7) is 4.56. The third-order valence-corrected chi connectivity index (χ3v) is 12.0. The second-order valence-corrected chi connectivity index (χ2v) is 17.2. The number of aliphatic hydroxyl groups excluding tert-OH is 2. The van der Waals surface area contributed by atoms with Crippen LogP contribution in [0.2, 0.25) is 0 Å². The van der Waals surface area contributed by atoms with Gasteiger partial charge < -0.3 is 15.2 Å². The van der Waals surface area contributed by atoms with E-state index < -0.39 is 6.10 Å². The van der Waals surface area contributed by atoms with Gasteiger partial charge in [0.05, 0.1) is 40.3 Å². The molecule has 0 radical (unpaired) electrons. The van der Waals surface area contributed by atoms with Crippen LogP contribution in [-0.4, -0.2) is 32.3 Å². The highest BCUT2D eigenvalue weighted by molar-refractivity contribution is 6.20. The molecule has 0 amide bonds. The van der Waals surface area contributed by atoms with E-state index in [1.807, 2.05) is 54.7 Å². The van der Waals surface area contributed by atoms with E-state index in [9.17, 15) is 10.2 Å². The van der Waals surface area contributed by atoms with Gasteiger partial charge in [-0.05, 0) is 73.6 Å². The topological polar surface area (TPSA) is 93.3 Å². The first-order valence-corrected chi connectivity index (χ1v) is 23.8. The SMILES string of the molecule is CCCCCCCCCCCCCCC/C(O)=C1/C=C2C=c3cc(C(O)CCCCCCCCCCCCCCC)c([nH]3)=CC3=NC(=CC4=NC(=CC1=N2)C=C4)C=C3. The summed E-state index contributed by atoms with van der Waals surface area (Å²) in [4.78, 5) is 18.2. The van der Waals surface area contributed by atoms with Crippen molar-refractivity contribution in [1.82, 2.24) is 4.98 Å². The number of hydrogen-bond donors (Lipinski definition) is 3. The zero-order chi connectivity index (χ0) is 40.6. The number of unbranched alkanes of at least 4 members (excludes halogenated alkanes) is 24. The Kier molecular flexibility index (Phi) is 20.6. The number of nitrogens with zero attached hydrogens (tertiary/aromatic N) is 3. The molecular formula is C52H76N4O2. The number of aliphatic hydroxyl groups is 2. The van der Waals surface area contributed by atoms with Crippen molar-refractivity contribution in [3.63, 3.8) is 0 Å². The van der Waals surface area contributed by atoms with Crippen molar-refractivity contribution in [2.75, 3.05) is 0 Å². The Hall–Kier alpha value is -3.77. The maximum Gasteiger partial charge on any atom is 0.102 e. The molecule has 4 aliphatic rings. The standard InChI is InChI=1S/C52H76N4O2/c1-3-5-7-9-11-13-15-17-19-21-23-25-27-29-51(57)47-37-45-36-46-38-48(52(58)30-28-26-24-22-20-18-16-14-12-10-8-6-4-2)50(56-46)40-44-34-32-42(54-44)35-41-31-33-43(53-41)39-49(47)55-45/h31-40,51,55,57-58H,3-30H2,1-2H3/b41-35?,44-40?,45-36?,49-39?,52-48+. The third-order valence-electron chi connectivity index (χ3n) is 12.0. The molecule has 6 heteroatoms. The number of aromatic amines is 1. The quantitative estimate of drug-likeness (QED) is 0.0557. The van der Waals surface area contributed by atoms with Crippen molar-refractivity contribution in [1.29, 1.82) is 0 Å². The fourth-order valence-corrected chi connectivity index (χ4v) is 8.52. The van der Waals surface area contributed by atoms with Gasteiger partial charge in [0.1, 0.15) is 5.76 Å². The van der Waals surface area contributed by atoms with Crippen molar-refractivity contribution in [3.05, 3.63) is 93.3 Å². The largest absolute Gasteiger partial charge is 0.512 e. The number of nitrogens with one attached hydrogen (secondary N) is 1. The molecule has 0 aromatic carbocycles. The van der Waals surface area contributed by atoms with Crippen LogP contribution < -0.4 is 10.7 Å². The predicted octanol–water partition coefficient (Wildman–Crippen LogP) is 13.5. The van der Waals surface area contributed by atoms with Gasteiger partial charge in [-0.15, -0.1) is 0 Å². The molecule has 0 aliphatic carbocycles. The van der Waals surface area contributed by atoms with Gasteiger partial charge in [0.25, 0.3) is 0 Å². The van der Waals surface area contributed by atoms with E-state index in [0.717, 1.165) is 88.2 Å². The molecule has 0 spiro atoms. The molecule has 1 aromatic heterocycles. The van der Waals surface area contributed by atoms with Gasteiger partial charge >= 0.3 is 0 Å². The van der Waals surface area contributed by atoms with E-state index in [2.05, 4.69) is 24.9 Å². The molecule has 3 N–H and O–H groups in total. The van der Waals surface area contributed by atoms with Crippen LogP contribution >= 0.6 is 0 Å². The Morgan fingerprint density at radius 2 is 1.00 bits per heavy atom. The summed E-state index contributed by atoms with van der Waals surface area (Å²) in [5.41, 5.74) is 6.46. The van der Waals surface area contributed by atoms with E-state index >= 15 is 0 Å². The average Bonchev–Trinajstić information content (AvgIpc) is 4.03. The molecule has 58 heavy (non-hydrogen) atoms. The Morgan fingerprint density at radius 1 is 0.517 bits per heavy atom. The van der Waals surface area contributed by atoms with Crippen molar-refractivity contribution in [2.45, 2.75) is 200 Å². The lowest BCUT2D eigenvalue weighted by molar-refractivity contribution is 0.162. The number of H-pyrrole nitrogens is 1. The third kappa shape index (κ3) is 16.1. The van der Waals surface area contributed by atoms with Crippen molar-refractivity contribution in [3.8, 4) is 0 Å². The molecule has 0 fully saturated rings. The highest BCUT2D eigenvalue weighted by Gasteiger charge is 2.19. The maximum absolute atomic E-state index is 11.5. The fourth-order valence-electron chi connectivity index (χ4n) is 8.52. The molecular weight excluding hydrogens is 713 g/mol. The average molecular weight is 789 g/mol. The van der Waals surface area contributed by atoms with E-state index in [-0.39, 0.29) is 0 Å². The number of fused-ring (bicyclic) bond motifs is 5. The van der Waals surface area contributed by atoms with Gasteiger partial charge in [-0.1, -0.05) is 174 Å². The van der Waals surface area contributed by atoms with Crippen LogP contribution in [0.5, 0.6) is 0 Å². The van der Waals surface area contributed by atoms with E-state index in [0.29, 0.717) is 12.2 Å². The van der Waals surface area contributed by atoms with Gasteiger partial charge in [-0.3, -0.25) is 0 Å². The van der Waals surface area contributed by atoms with Crippen molar-refractivity contribution < 1.29 is 10.2 Å². The molecule has 8 bridgehead atoms. The second kappa shape index (κ2) is 26.4. The van der Waals surface area contributed by atoms with Crippen LogP contribution in [0.15, 0.2) is 92.0 Å². The summed E-state index contributed by atoms with van der Waals surface area (Å²) in [5, 5.41) is 24.7. The number of rotatable bonds is 29. The molecule has 1 unspecified atom stereocenters. The molecule has 1 aromatic rings. The van der Waals surface area contributed by atoms with Crippen molar-refractivity contribution in [2.24, 2.45) is 15.0 Å². The van der Waals surface area contributed by atoms with E-state index in [1.165, 1.54) is 141 Å². The van der Waals surface area contributed by atoms with Crippen LogP contribution in [0, 0.1) is 0 Å². The van der Waals surface area contributed by atoms with Crippen molar-refractivity contribution >= 4 is 29.3 Å². The van der Waals surface area contributed by atoms with E-state index in [4.69, 9.17) is 15.0 Å². The lowest BCUT2D eigenvalue weighted by Crippen LogP contribution is -2.16. The lowest BCUT2D eigenvalue weighted by Gasteiger charge is -2.09. The zero-order valence-corrected chi connectivity index (χ0v) is 36.4. The van der Waals surface area contributed by atoms with Crippen LogP contribution in [0.3, 0.4) is 0 Å². The molecule has 0 saturated carbocycles. The summed E-state index contributed by atoms with van der Waals surface area (Å²) in [7, 11) is 0. The summed E-state index contributed by atoms with van der Waals surface area (Å²) in [6, 6.07) is 2.06. The Labute approximate surface area is 351 Å². The molecule has 4 aliphatic heterocycles. The molecule has 5 rings (SSSR count). The minimum absolute atomic E-state index is 0.389. The number of allylic oxidation sites excluding steroid dienone is 10. The number of aliphatic imine (C=N–C) groups is 3. The van der Waals surface area contributed by atoms with Crippen LogP contribution in [0.1, 0.15) is 205 Å². The number of hydrogen-bond acceptors (Lipinski definition) is 5. The summed E-state index contributed by atoms with van der Waals surface area (Å²) >= 11 is 0. The summed E-state index contributed by atoms with van der Waals surface area (Å²) in [6.07, 6.45) is 52.8. The van der Waals surface area contributed by atoms with Gasteiger partial charge in [0.15, 0.2) is 0 Å². The first-order valence-electron chi connectivity index (χ1n) is 23.8. The van der Waals surface area contributed by atoms with E-state index in [1.54, 1.807) is 0 Å². The molecule has 6 nitrogen and oxygen atoms in total. The summed E-state index contributed by atoms with van der Waals surface area (Å²) < 4.78 is 0.